The van der Waals surface area contributed by atoms with Gasteiger partial charge in [-0.25, -0.2) is 14.6 Å². The van der Waals surface area contributed by atoms with E-state index in [1.54, 1.807) is 18.2 Å². The summed E-state index contributed by atoms with van der Waals surface area (Å²) in [5.41, 5.74) is -0.361. The molecular weight excluding hydrogens is 312 g/mol. The predicted octanol–water partition coefficient (Wildman–Crippen LogP) is 2.69. The van der Waals surface area contributed by atoms with Gasteiger partial charge < -0.3 is 19.5 Å². The number of aromatic nitrogens is 1. The van der Waals surface area contributed by atoms with E-state index in [9.17, 15) is 9.59 Å². The SMILES string of the molecule is COC(=O)c1cccc(OC2CCCC2NC(=O)OC(C)(C)C)n1. The van der Waals surface area contributed by atoms with E-state index < -0.39 is 17.7 Å². The van der Waals surface area contributed by atoms with Crippen LogP contribution < -0.4 is 10.1 Å². The first-order valence-corrected chi connectivity index (χ1v) is 8.00. The summed E-state index contributed by atoms with van der Waals surface area (Å²) in [4.78, 5) is 27.6. The highest BCUT2D eigenvalue weighted by molar-refractivity contribution is 5.87. The second-order valence-electron chi connectivity index (χ2n) is 6.69. The molecule has 0 spiro atoms. The molecule has 24 heavy (non-hydrogen) atoms. The Hall–Kier alpha value is -2.31. The summed E-state index contributed by atoms with van der Waals surface area (Å²) in [7, 11) is 1.30. The Morgan fingerprint density at radius 1 is 1.25 bits per heavy atom. The zero-order valence-electron chi connectivity index (χ0n) is 14.5. The van der Waals surface area contributed by atoms with Gasteiger partial charge in [-0.2, -0.15) is 0 Å². The maximum absolute atomic E-state index is 11.9. The van der Waals surface area contributed by atoms with Crippen molar-refractivity contribution in [2.75, 3.05) is 7.11 Å². The van der Waals surface area contributed by atoms with Gasteiger partial charge in [-0.05, 0) is 46.1 Å². The highest BCUT2D eigenvalue weighted by Gasteiger charge is 2.32. The van der Waals surface area contributed by atoms with Gasteiger partial charge in [0.2, 0.25) is 5.88 Å². The number of nitrogens with zero attached hydrogens (tertiary/aromatic N) is 1. The first kappa shape index (κ1) is 18.0. The Morgan fingerprint density at radius 3 is 2.67 bits per heavy atom. The Labute approximate surface area is 141 Å². The number of hydrogen-bond acceptors (Lipinski definition) is 6. The lowest BCUT2D eigenvalue weighted by atomic mass is 10.2. The molecule has 1 heterocycles. The summed E-state index contributed by atoms with van der Waals surface area (Å²) in [6.45, 7) is 5.45. The number of hydrogen-bond donors (Lipinski definition) is 1. The standard InChI is InChI=1S/C17H24N2O5/c1-17(2,3)24-16(21)19-11-7-5-9-13(11)23-14-10-6-8-12(18-14)15(20)22-4/h6,8,10-11,13H,5,7,9H2,1-4H3,(H,19,21). The molecule has 1 aliphatic rings. The number of nitrogens with one attached hydrogen (secondary N) is 1. The fourth-order valence-electron chi connectivity index (χ4n) is 2.54. The third-order valence-electron chi connectivity index (χ3n) is 3.54. The van der Waals surface area contributed by atoms with Crippen molar-refractivity contribution in [3.63, 3.8) is 0 Å². The molecule has 7 heteroatoms. The van der Waals surface area contributed by atoms with E-state index in [2.05, 4.69) is 15.0 Å². The minimum absolute atomic E-state index is 0.150. The van der Waals surface area contributed by atoms with Gasteiger partial charge >= 0.3 is 12.1 Å². The fourth-order valence-corrected chi connectivity index (χ4v) is 2.54. The molecule has 0 aliphatic heterocycles. The van der Waals surface area contributed by atoms with Gasteiger partial charge in [0.1, 0.15) is 11.7 Å². The molecule has 2 atom stereocenters. The molecule has 1 fully saturated rings. The first-order valence-electron chi connectivity index (χ1n) is 8.00. The van der Waals surface area contributed by atoms with E-state index in [4.69, 9.17) is 9.47 Å². The lowest BCUT2D eigenvalue weighted by Gasteiger charge is -2.25. The van der Waals surface area contributed by atoms with Crippen molar-refractivity contribution in [2.45, 2.75) is 57.8 Å². The average Bonchev–Trinajstić information content (AvgIpc) is 2.91. The van der Waals surface area contributed by atoms with E-state index in [-0.39, 0.29) is 17.8 Å². The zero-order chi connectivity index (χ0) is 17.7. The first-order chi connectivity index (χ1) is 11.3. The third kappa shape index (κ3) is 5.11. The van der Waals surface area contributed by atoms with Crippen LogP contribution in [0.4, 0.5) is 4.79 Å². The number of pyridine rings is 1. The minimum Gasteiger partial charge on any atom is -0.472 e. The van der Waals surface area contributed by atoms with E-state index in [0.717, 1.165) is 19.3 Å². The molecule has 1 N–H and O–H groups in total. The highest BCUT2D eigenvalue weighted by Crippen LogP contribution is 2.24. The molecule has 132 valence electrons. The molecule has 0 aromatic carbocycles. The lowest BCUT2D eigenvalue weighted by molar-refractivity contribution is 0.0462. The molecule has 1 aliphatic carbocycles. The van der Waals surface area contributed by atoms with Crippen molar-refractivity contribution in [1.82, 2.24) is 10.3 Å². The van der Waals surface area contributed by atoms with E-state index >= 15 is 0 Å². The number of rotatable bonds is 4. The van der Waals surface area contributed by atoms with Crippen molar-refractivity contribution in [2.24, 2.45) is 0 Å². The molecule has 7 nitrogen and oxygen atoms in total. The summed E-state index contributed by atoms with van der Waals surface area (Å²) in [5.74, 6) is -0.184. The molecule has 0 bridgehead atoms. The van der Waals surface area contributed by atoms with Crippen LogP contribution in [0, 0.1) is 0 Å². The van der Waals surface area contributed by atoms with E-state index in [1.165, 1.54) is 7.11 Å². The molecular formula is C17H24N2O5. The van der Waals surface area contributed by atoms with Crippen LogP contribution in [0.3, 0.4) is 0 Å². The number of carbonyl (C=O) groups is 2. The van der Waals surface area contributed by atoms with Gasteiger partial charge in [-0.15, -0.1) is 0 Å². The number of ether oxygens (including phenoxy) is 3. The lowest BCUT2D eigenvalue weighted by Crippen LogP contribution is -2.44. The number of amides is 1. The normalized spacial score (nSPS) is 20.3. The molecule has 2 unspecified atom stereocenters. The van der Waals surface area contributed by atoms with Gasteiger partial charge in [0, 0.05) is 6.07 Å². The molecule has 0 radical (unpaired) electrons. The second-order valence-corrected chi connectivity index (χ2v) is 6.69. The molecule has 1 aromatic heterocycles. The largest absolute Gasteiger partial charge is 0.472 e. The van der Waals surface area contributed by atoms with Crippen LogP contribution in [0.1, 0.15) is 50.5 Å². The molecule has 1 saturated carbocycles. The van der Waals surface area contributed by atoms with Crippen molar-refractivity contribution in [3.05, 3.63) is 23.9 Å². The van der Waals surface area contributed by atoms with Crippen LogP contribution in [0.15, 0.2) is 18.2 Å². The van der Waals surface area contributed by atoms with Gasteiger partial charge in [0.05, 0.1) is 13.2 Å². The van der Waals surface area contributed by atoms with Crippen molar-refractivity contribution in [3.8, 4) is 5.88 Å². The smallest absolute Gasteiger partial charge is 0.408 e. The summed E-state index contributed by atoms with van der Waals surface area (Å²) in [6, 6.07) is 4.77. The topological polar surface area (TPSA) is 86.8 Å². The molecule has 2 rings (SSSR count). The van der Waals surface area contributed by atoms with Crippen molar-refractivity contribution >= 4 is 12.1 Å². The number of carbonyl (C=O) groups excluding carboxylic acids is 2. The van der Waals surface area contributed by atoms with E-state index in [0.29, 0.717) is 5.88 Å². The number of esters is 1. The Balaban J connectivity index is 1.98. The van der Waals surface area contributed by atoms with Crippen molar-refractivity contribution < 1.29 is 23.8 Å². The summed E-state index contributed by atoms with van der Waals surface area (Å²) in [6.07, 6.45) is 1.87. The number of alkyl carbamates (subject to hydrolysis) is 1. The van der Waals surface area contributed by atoms with Crippen molar-refractivity contribution in [1.29, 1.82) is 0 Å². The minimum atomic E-state index is -0.546. The predicted molar refractivity (Wildman–Crippen MR) is 87.0 cm³/mol. The van der Waals surface area contributed by atoms with Crippen LogP contribution in [0.25, 0.3) is 0 Å². The maximum Gasteiger partial charge on any atom is 0.408 e. The van der Waals surface area contributed by atoms with Gasteiger partial charge in [-0.1, -0.05) is 6.07 Å². The molecule has 1 aromatic rings. The maximum atomic E-state index is 11.9. The monoisotopic (exact) mass is 336 g/mol. The summed E-state index contributed by atoms with van der Waals surface area (Å²) < 4.78 is 15.8. The summed E-state index contributed by atoms with van der Waals surface area (Å²) in [5, 5.41) is 2.85. The molecule has 1 amide bonds. The third-order valence-corrected chi connectivity index (χ3v) is 3.54. The number of methoxy groups -OCH3 is 1. The molecule has 0 saturated heterocycles. The Morgan fingerprint density at radius 2 is 2.00 bits per heavy atom. The second kappa shape index (κ2) is 7.51. The Kier molecular flexibility index (Phi) is 5.64. The fraction of sp³-hybridized carbons (Fsp3) is 0.588. The van der Waals surface area contributed by atoms with Gasteiger partial charge in [-0.3, -0.25) is 0 Å². The van der Waals surface area contributed by atoms with Gasteiger partial charge in [0.15, 0.2) is 5.69 Å². The van der Waals surface area contributed by atoms with Crippen LogP contribution in [0.2, 0.25) is 0 Å². The van der Waals surface area contributed by atoms with E-state index in [1.807, 2.05) is 20.8 Å². The van der Waals surface area contributed by atoms with Crippen LogP contribution in [-0.2, 0) is 9.47 Å². The highest BCUT2D eigenvalue weighted by atomic mass is 16.6. The van der Waals surface area contributed by atoms with Crippen LogP contribution in [-0.4, -0.2) is 41.9 Å². The van der Waals surface area contributed by atoms with Crippen LogP contribution >= 0.6 is 0 Å². The Bertz CT molecular complexity index is 597. The zero-order valence-corrected chi connectivity index (χ0v) is 14.5. The average molecular weight is 336 g/mol. The van der Waals surface area contributed by atoms with Gasteiger partial charge in [0.25, 0.3) is 0 Å². The van der Waals surface area contributed by atoms with Crippen LogP contribution in [0.5, 0.6) is 5.88 Å². The summed E-state index contributed by atoms with van der Waals surface area (Å²) >= 11 is 0. The quantitative estimate of drug-likeness (QED) is 0.851.